The third-order valence-corrected chi connectivity index (χ3v) is 4.65. The maximum absolute atomic E-state index is 13.1. The Morgan fingerprint density at radius 1 is 1.15 bits per heavy atom. The number of rotatable bonds is 3. The number of nitrogens with one attached hydrogen (secondary N) is 1. The molecule has 0 saturated carbocycles. The van der Waals surface area contributed by atoms with Crippen LogP contribution in [0.5, 0.6) is 0 Å². The van der Waals surface area contributed by atoms with Crippen LogP contribution in [0, 0.1) is 25.2 Å². The van der Waals surface area contributed by atoms with E-state index in [0.29, 0.717) is 28.9 Å². The molecule has 0 aliphatic heterocycles. The average Bonchev–Trinajstić information content (AvgIpc) is 3.02. The van der Waals surface area contributed by atoms with Crippen molar-refractivity contribution in [2.45, 2.75) is 20.3 Å². The fourth-order valence-electron chi connectivity index (χ4n) is 3.25. The summed E-state index contributed by atoms with van der Waals surface area (Å²) >= 11 is 0. The van der Waals surface area contributed by atoms with Gasteiger partial charge in [0.25, 0.3) is 5.56 Å². The molecule has 0 fully saturated rings. The molecule has 0 atom stereocenters. The minimum Gasteiger partial charge on any atom is -0.293 e. The first-order valence-electron chi connectivity index (χ1n) is 8.59. The zero-order valence-electron chi connectivity index (χ0n) is 15.0. The Labute approximate surface area is 155 Å². The second kappa shape index (κ2) is 6.54. The second-order valence-corrected chi connectivity index (χ2v) is 6.45. The fraction of sp³-hybridized carbons (Fsp3) is 0.143. The number of H-pyrrole nitrogens is 1. The van der Waals surface area contributed by atoms with Gasteiger partial charge in [-0.2, -0.15) is 5.26 Å². The van der Waals surface area contributed by atoms with Crippen LogP contribution in [0.25, 0.3) is 16.9 Å². The lowest BCUT2D eigenvalue weighted by Crippen LogP contribution is -2.22. The number of aromatic nitrogens is 4. The summed E-state index contributed by atoms with van der Waals surface area (Å²) in [5.74, 6) is 0. The van der Waals surface area contributed by atoms with Crippen LogP contribution >= 0.6 is 0 Å². The van der Waals surface area contributed by atoms with E-state index in [0.717, 1.165) is 22.5 Å². The lowest BCUT2D eigenvalue weighted by molar-refractivity contribution is 0.847. The van der Waals surface area contributed by atoms with E-state index in [4.69, 9.17) is 10.2 Å². The molecule has 1 N–H and O–H groups in total. The minimum absolute atomic E-state index is 0.118. The van der Waals surface area contributed by atoms with Gasteiger partial charge in [-0.1, -0.05) is 18.2 Å². The molecule has 3 heterocycles. The van der Waals surface area contributed by atoms with E-state index in [2.05, 4.69) is 16.2 Å². The Morgan fingerprint density at radius 2 is 1.93 bits per heavy atom. The van der Waals surface area contributed by atoms with Gasteiger partial charge in [0.1, 0.15) is 0 Å². The molecule has 27 heavy (non-hydrogen) atoms. The molecule has 0 bridgehead atoms. The third kappa shape index (κ3) is 2.89. The van der Waals surface area contributed by atoms with Crippen molar-refractivity contribution in [1.82, 2.24) is 19.6 Å². The van der Waals surface area contributed by atoms with Gasteiger partial charge >= 0.3 is 0 Å². The molecule has 6 heteroatoms. The highest BCUT2D eigenvalue weighted by atomic mass is 16.1. The normalized spacial score (nSPS) is 10.9. The van der Waals surface area contributed by atoms with E-state index in [1.54, 1.807) is 18.3 Å². The zero-order chi connectivity index (χ0) is 19.0. The predicted molar refractivity (Wildman–Crippen MR) is 102 cm³/mol. The maximum Gasteiger partial charge on any atom is 0.276 e. The quantitative estimate of drug-likeness (QED) is 0.611. The molecule has 0 aliphatic rings. The summed E-state index contributed by atoms with van der Waals surface area (Å²) in [7, 11) is 0. The second-order valence-electron chi connectivity index (χ2n) is 6.45. The average molecular weight is 355 g/mol. The first-order valence-corrected chi connectivity index (χ1v) is 8.59. The molecule has 0 amide bonds. The third-order valence-electron chi connectivity index (χ3n) is 4.65. The number of aryl methyl sites for hydroxylation is 2. The number of hydrogen-bond donors (Lipinski definition) is 1. The minimum atomic E-state index is -0.118. The van der Waals surface area contributed by atoms with Crippen molar-refractivity contribution in [3.8, 4) is 17.3 Å². The summed E-state index contributed by atoms with van der Waals surface area (Å²) in [6, 6.07) is 15.0. The Kier molecular flexibility index (Phi) is 4.05. The number of pyridine rings is 1. The van der Waals surface area contributed by atoms with Crippen LogP contribution in [-0.4, -0.2) is 19.6 Å². The summed E-state index contributed by atoms with van der Waals surface area (Å²) in [5, 5.41) is 12.0. The highest BCUT2D eigenvalue weighted by Gasteiger charge is 2.18. The zero-order valence-corrected chi connectivity index (χ0v) is 15.0. The number of hydrogen-bond acceptors (Lipinski definition) is 4. The van der Waals surface area contributed by atoms with Gasteiger partial charge < -0.3 is 0 Å². The maximum atomic E-state index is 13.1. The van der Waals surface area contributed by atoms with E-state index < -0.39 is 0 Å². The molecule has 0 radical (unpaired) electrons. The van der Waals surface area contributed by atoms with Crippen molar-refractivity contribution in [2.75, 3.05) is 0 Å². The van der Waals surface area contributed by atoms with Crippen molar-refractivity contribution < 1.29 is 0 Å². The molecule has 3 aromatic heterocycles. The van der Waals surface area contributed by atoms with Crippen LogP contribution in [0.3, 0.4) is 0 Å². The Morgan fingerprint density at radius 3 is 2.59 bits per heavy atom. The molecular formula is C21H17N5O. The van der Waals surface area contributed by atoms with Crippen LogP contribution in [0.15, 0.2) is 53.5 Å². The summed E-state index contributed by atoms with van der Waals surface area (Å²) in [6.07, 6.45) is 2.19. The van der Waals surface area contributed by atoms with Crippen molar-refractivity contribution in [1.29, 1.82) is 5.26 Å². The predicted octanol–water partition coefficient (Wildman–Crippen LogP) is 3.16. The summed E-state index contributed by atoms with van der Waals surface area (Å²) < 4.78 is 1.49. The Bertz CT molecular complexity index is 1230. The standard InChI is InChI=1S/C21H17N5O/c1-13-17(11-15-6-8-16(12-22)9-7-15)21(27)26-20(24-13)19(14(2)25-26)18-5-3-4-10-23-18/h3-10,25H,11H2,1-2H3. The lowest BCUT2D eigenvalue weighted by atomic mass is 10.0. The first-order chi connectivity index (χ1) is 13.1. The largest absolute Gasteiger partial charge is 0.293 e. The molecule has 0 aliphatic carbocycles. The van der Waals surface area contributed by atoms with Crippen LogP contribution in [0.1, 0.15) is 28.1 Å². The summed E-state index contributed by atoms with van der Waals surface area (Å²) in [5.41, 5.74) is 5.80. The van der Waals surface area contributed by atoms with Crippen molar-refractivity contribution in [3.05, 3.63) is 87.1 Å². The molecule has 6 nitrogen and oxygen atoms in total. The smallest absolute Gasteiger partial charge is 0.276 e. The number of nitrogens with zero attached hydrogens (tertiary/aromatic N) is 4. The summed E-state index contributed by atoms with van der Waals surface area (Å²) in [6.45, 7) is 3.76. The van der Waals surface area contributed by atoms with Gasteiger partial charge in [-0.25, -0.2) is 9.50 Å². The van der Waals surface area contributed by atoms with Crippen molar-refractivity contribution >= 4 is 5.65 Å². The van der Waals surface area contributed by atoms with Gasteiger partial charge in [0.05, 0.1) is 22.9 Å². The van der Waals surface area contributed by atoms with Crippen molar-refractivity contribution in [2.24, 2.45) is 0 Å². The first kappa shape index (κ1) is 16.7. The monoisotopic (exact) mass is 355 g/mol. The molecule has 4 aromatic rings. The van der Waals surface area contributed by atoms with Gasteiger partial charge in [-0.15, -0.1) is 0 Å². The molecule has 132 valence electrons. The summed E-state index contributed by atoms with van der Waals surface area (Å²) in [4.78, 5) is 22.2. The molecule has 0 saturated heterocycles. The number of nitriles is 1. The number of benzene rings is 1. The van der Waals surface area contributed by atoms with Gasteiger partial charge in [0.2, 0.25) is 0 Å². The fourth-order valence-corrected chi connectivity index (χ4v) is 3.25. The molecular weight excluding hydrogens is 338 g/mol. The topological polar surface area (TPSA) is 86.8 Å². The van der Waals surface area contributed by atoms with E-state index in [9.17, 15) is 4.79 Å². The molecule has 0 spiro atoms. The lowest BCUT2D eigenvalue weighted by Gasteiger charge is -2.07. The van der Waals surface area contributed by atoms with E-state index in [-0.39, 0.29) is 5.56 Å². The van der Waals surface area contributed by atoms with Gasteiger partial charge in [-0.3, -0.25) is 14.9 Å². The highest BCUT2D eigenvalue weighted by Crippen LogP contribution is 2.25. The Hall–Kier alpha value is -3.72. The van der Waals surface area contributed by atoms with Gasteiger partial charge in [-0.05, 0) is 43.7 Å². The van der Waals surface area contributed by atoms with Gasteiger partial charge in [0, 0.05) is 29.6 Å². The molecule has 0 unspecified atom stereocenters. The SMILES string of the molecule is Cc1nc2c(-c3ccccn3)c(C)[nH]n2c(=O)c1Cc1ccc(C#N)cc1. The van der Waals surface area contributed by atoms with Crippen LogP contribution in [0.2, 0.25) is 0 Å². The van der Waals surface area contributed by atoms with Crippen molar-refractivity contribution in [3.63, 3.8) is 0 Å². The van der Waals surface area contributed by atoms with Crippen LogP contribution < -0.4 is 5.56 Å². The highest BCUT2D eigenvalue weighted by molar-refractivity contribution is 5.77. The Balaban J connectivity index is 1.85. The van der Waals surface area contributed by atoms with Crippen LogP contribution in [0.4, 0.5) is 0 Å². The van der Waals surface area contributed by atoms with Crippen LogP contribution in [-0.2, 0) is 6.42 Å². The molecule has 1 aromatic carbocycles. The number of aromatic amines is 1. The number of fused-ring (bicyclic) bond motifs is 1. The van der Waals surface area contributed by atoms with E-state index in [1.807, 2.05) is 44.2 Å². The van der Waals surface area contributed by atoms with Gasteiger partial charge in [0.15, 0.2) is 5.65 Å². The molecule has 4 rings (SSSR count). The van der Waals surface area contributed by atoms with E-state index >= 15 is 0 Å². The van der Waals surface area contributed by atoms with E-state index in [1.165, 1.54) is 4.52 Å².